The van der Waals surface area contributed by atoms with Gasteiger partial charge in [0.25, 0.3) is 0 Å². The highest BCUT2D eigenvalue weighted by Gasteiger charge is 2.09. The molecule has 0 unspecified atom stereocenters. The maximum atomic E-state index is 11.8. The Morgan fingerprint density at radius 2 is 1.67 bits per heavy atom. The quantitative estimate of drug-likeness (QED) is 0.411. The molecule has 0 saturated heterocycles. The molecule has 5 N–H and O–H groups in total. The number of rotatable bonds is 0. The van der Waals surface area contributed by atoms with Crippen molar-refractivity contribution in [1.82, 2.24) is 25.6 Å². The first-order valence-electron chi connectivity index (χ1n) is 8.24. The second-order valence-electron chi connectivity index (χ2n) is 5.65. The number of aromatic nitrogens is 3. The van der Waals surface area contributed by atoms with E-state index in [1.807, 2.05) is 18.2 Å². The van der Waals surface area contributed by atoms with E-state index in [0.717, 1.165) is 5.56 Å². The van der Waals surface area contributed by atoms with Crippen molar-refractivity contribution in [3.8, 4) is 6.01 Å². The Kier molecular flexibility index (Phi) is 5.94. The third-order valence-corrected chi connectivity index (χ3v) is 3.49. The molecule has 1 aliphatic rings. The molecule has 11 nitrogen and oxygen atoms in total. The molecule has 142 valence electrons. The molecular weight excluding hydrogens is 354 g/mol. The number of carbonyl (C=O) groups excluding carboxylic acids is 2. The van der Waals surface area contributed by atoms with Gasteiger partial charge in [-0.05, 0) is 17.7 Å². The van der Waals surface area contributed by atoms with Crippen LogP contribution in [0.3, 0.4) is 0 Å². The van der Waals surface area contributed by atoms with E-state index in [9.17, 15) is 14.7 Å². The number of benzene rings is 1. The molecule has 27 heavy (non-hydrogen) atoms. The second-order valence-corrected chi connectivity index (χ2v) is 5.65. The number of anilines is 3. The molecule has 1 aromatic carbocycles. The SMILES string of the molecule is O=C1COCC(=O)NCc2cccc(c2)Nc2nc(O)nc(n2)NCCN1. The minimum absolute atomic E-state index is 0.157. The summed E-state index contributed by atoms with van der Waals surface area (Å²) in [5.41, 5.74) is 1.52. The van der Waals surface area contributed by atoms with E-state index in [-0.39, 0.29) is 43.5 Å². The smallest absolute Gasteiger partial charge is 0.320 e. The van der Waals surface area contributed by atoms with Gasteiger partial charge in [-0.15, -0.1) is 0 Å². The molecule has 4 bridgehead atoms. The van der Waals surface area contributed by atoms with Gasteiger partial charge in [0.05, 0.1) is 0 Å². The van der Waals surface area contributed by atoms with E-state index in [1.54, 1.807) is 6.07 Å². The van der Waals surface area contributed by atoms with Crippen LogP contribution in [0.4, 0.5) is 17.6 Å². The number of hydrogen-bond acceptors (Lipinski definition) is 9. The summed E-state index contributed by atoms with van der Waals surface area (Å²) in [5, 5.41) is 20.9. The van der Waals surface area contributed by atoms with Gasteiger partial charge in [0.2, 0.25) is 23.7 Å². The number of carbonyl (C=O) groups is 2. The molecule has 0 fully saturated rings. The average Bonchev–Trinajstić information content (AvgIpc) is 2.63. The molecule has 2 amide bonds. The van der Waals surface area contributed by atoms with Gasteiger partial charge in [0.1, 0.15) is 13.2 Å². The van der Waals surface area contributed by atoms with Crippen LogP contribution < -0.4 is 21.3 Å². The Bertz CT molecular complexity index is 830. The van der Waals surface area contributed by atoms with Gasteiger partial charge in [-0.25, -0.2) is 0 Å². The van der Waals surface area contributed by atoms with E-state index in [2.05, 4.69) is 36.2 Å². The third-order valence-electron chi connectivity index (χ3n) is 3.49. The van der Waals surface area contributed by atoms with Crippen LogP contribution in [0.25, 0.3) is 0 Å². The molecule has 3 rings (SSSR count). The van der Waals surface area contributed by atoms with Gasteiger partial charge >= 0.3 is 6.01 Å². The first kappa shape index (κ1) is 18.3. The van der Waals surface area contributed by atoms with E-state index in [1.165, 1.54) is 0 Å². The van der Waals surface area contributed by atoms with Crippen LogP contribution in [0.15, 0.2) is 24.3 Å². The fourth-order valence-corrected chi connectivity index (χ4v) is 2.30. The van der Waals surface area contributed by atoms with Gasteiger partial charge in [-0.1, -0.05) is 12.1 Å². The van der Waals surface area contributed by atoms with Crippen molar-refractivity contribution in [2.45, 2.75) is 6.54 Å². The first-order valence-corrected chi connectivity index (χ1v) is 8.24. The molecule has 0 spiro atoms. The van der Waals surface area contributed by atoms with Crippen molar-refractivity contribution in [3.63, 3.8) is 0 Å². The summed E-state index contributed by atoms with van der Waals surface area (Å²) in [4.78, 5) is 35.2. The van der Waals surface area contributed by atoms with Gasteiger partial charge in [-0.3, -0.25) is 9.59 Å². The third kappa shape index (κ3) is 5.78. The molecular formula is C16H19N7O4. The lowest BCUT2D eigenvalue weighted by Crippen LogP contribution is -2.34. The Labute approximate surface area is 154 Å². The van der Waals surface area contributed by atoms with E-state index in [4.69, 9.17) is 4.74 Å². The zero-order valence-electron chi connectivity index (χ0n) is 14.4. The van der Waals surface area contributed by atoms with E-state index in [0.29, 0.717) is 18.8 Å². The molecule has 0 aliphatic carbocycles. The number of hydrogen-bond donors (Lipinski definition) is 5. The summed E-state index contributed by atoms with van der Waals surface area (Å²) in [6.45, 7) is 0.476. The molecule has 2 heterocycles. The van der Waals surface area contributed by atoms with Crippen LogP contribution in [0.1, 0.15) is 5.56 Å². The number of fused-ring (bicyclic) bond motifs is 4. The maximum Gasteiger partial charge on any atom is 0.320 e. The molecule has 1 aliphatic heterocycles. The summed E-state index contributed by atoms with van der Waals surface area (Å²) in [7, 11) is 0. The van der Waals surface area contributed by atoms with Crippen molar-refractivity contribution >= 4 is 29.4 Å². The van der Waals surface area contributed by atoms with Crippen LogP contribution >= 0.6 is 0 Å². The van der Waals surface area contributed by atoms with Crippen molar-refractivity contribution in [1.29, 1.82) is 0 Å². The van der Waals surface area contributed by atoms with Crippen molar-refractivity contribution in [3.05, 3.63) is 29.8 Å². The minimum Gasteiger partial charge on any atom is -0.479 e. The average molecular weight is 373 g/mol. The molecule has 11 heteroatoms. The maximum absolute atomic E-state index is 11.8. The fourth-order valence-electron chi connectivity index (χ4n) is 2.30. The lowest BCUT2D eigenvalue weighted by atomic mass is 10.2. The lowest BCUT2D eigenvalue weighted by molar-refractivity contribution is -0.131. The molecule has 2 aromatic rings. The summed E-state index contributed by atoms with van der Waals surface area (Å²) in [6, 6.07) is 6.83. The number of nitrogens with zero attached hydrogens (tertiary/aromatic N) is 3. The van der Waals surface area contributed by atoms with Gasteiger partial charge in [0, 0.05) is 25.3 Å². The van der Waals surface area contributed by atoms with Crippen molar-refractivity contribution in [2.24, 2.45) is 0 Å². The standard InChI is InChI=1S/C16H19N7O4/c24-12-8-27-9-13(25)19-7-10-2-1-3-11(6-10)20-15-21-14(18-5-4-17-12)22-16(26)23-15/h1-3,6H,4-5,7-9H2,(H,17,24)(H,19,25)(H3,18,20,21,22,23,26). The van der Waals surface area contributed by atoms with Gasteiger partial charge < -0.3 is 31.1 Å². The Balaban J connectivity index is 1.79. The van der Waals surface area contributed by atoms with Crippen LogP contribution in [0.2, 0.25) is 0 Å². The van der Waals surface area contributed by atoms with Crippen LogP contribution in [0, 0.1) is 0 Å². The Morgan fingerprint density at radius 3 is 2.52 bits per heavy atom. The Hall–Kier alpha value is -3.47. The van der Waals surface area contributed by atoms with E-state index >= 15 is 0 Å². The molecule has 0 saturated carbocycles. The topological polar surface area (TPSA) is 150 Å². The summed E-state index contributed by atoms with van der Waals surface area (Å²) in [6.07, 6.45) is 0. The fraction of sp³-hybridized carbons (Fsp3) is 0.312. The summed E-state index contributed by atoms with van der Waals surface area (Å²) in [5.74, 6) is -0.347. The lowest BCUT2D eigenvalue weighted by Gasteiger charge is -2.11. The van der Waals surface area contributed by atoms with Gasteiger partial charge in [0.15, 0.2) is 0 Å². The number of amides is 2. The normalized spacial score (nSPS) is 16.0. The molecule has 0 atom stereocenters. The predicted octanol–water partition coefficient (Wildman–Crippen LogP) is -0.505. The molecule has 1 aromatic heterocycles. The van der Waals surface area contributed by atoms with Crippen LogP contribution in [-0.4, -0.2) is 58.2 Å². The highest BCUT2D eigenvalue weighted by Crippen LogP contribution is 2.17. The highest BCUT2D eigenvalue weighted by atomic mass is 16.5. The largest absolute Gasteiger partial charge is 0.479 e. The van der Waals surface area contributed by atoms with Crippen LogP contribution in [0.5, 0.6) is 6.01 Å². The second kappa shape index (κ2) is 8.76. The predicted molar refractivity (Wildman–Crippen MR) is 95.4 cm³/mol. The minimum atomic E-state index is -0.440. The zero-order valence-corrected chi connectivity index (χ0v) is 14.4. The van der Waals surface area contributed by atoms with E-state index < -0.39 is 6.01 Å². The number of aromatic hydroxyl groups is 1. The number of ether oxygens (including phenoxy) is 1. The summed E-state index contributed by atoms with van der Waals surface area (Å²) >= 11 is 0. The number of nitrogens with one attached hydrogen (secondary N) is 4. The van der Waals surface area contributed by atoms with Crippen molar-refractivity contribution < 1.29 is 19.4 Å². The highest BCUT2D eigenvalue weighted by molar-refractivity contribution is 5.79. The molecule has 0 radical (unpaired) electrons. The van der Waals surface area contributed by atoms with Gasteiger partial charge in [-0.2, -0.15) is 15.0 Å². The van der Waals surface area contributed by atoms with Crippen molar-refractivity contribution in [2.75, 3.05) is 36.9 Å². The van der Waals surface area contributed by atoms with Crippen LogP contribution in [-0.2, 0) is 20.9 Å². The summed E-state index contributed by atoms with van der Waals surface area (Å²) < 4.78 is 5.09. The first-order chi connectivity index (χ1) is 13.1. The zero-order chi connectivity index (χ0) is 19.1. The Morgan fingerprint density at radius 1 is 0.926 bits per heavy atom. The monoisotopic (exact) mass is 373 g/mol.